The van der Waals surface area contributed by atoms with Crippen molar-refractivity contribution < 1.29 is 19.1 Å². The minimum Gasteiger partial charge on any atom is -0.378 e. The molecule has 0 radical (unpaired) electrons. The smallest absolute Gasteiger partial charge is 0.313 e. The number of carbonyl (C=O) groups excluding carboxylic acids is 3. The van der Waals surface area contributed by atoms with Crippen LogP contribution in [0.1, 0.15) is 10.4 Å². The van der Waals surface area contributed by atoms with Gasteiger partial charge in [0, 0.05) is 13.1 Å². The van der Waals surface area contributed by atoms with E-state index in [1.807, 2.05) is 0 Å². The molecule has 1 fully saturated rings. The summed E-state index contributed by atoms with van der Waals surface area (Å²) in [6.07, 6.45) is 0. The first-order valence-electron chi connectivity index (χ1n) is 6.16. The van der Waals surface area contributed by atoms with E-state index in [0.717, 1.165) is 0 Å². The summed E-state index contributed by atoms with van der Waals surface area (Å²) >= 11 is 0. The number of nitrogens with zero attached hydrogens (tertiary/aromatic N) is 1. The Labute approximate surface area is 115 Å². The van der Waals surface area contributed by atoms with Crippen LogP contribution >= 0.6 is 0 Å². The first kappa shape index (κ1) is 14.0. The summed E-state index contributed by atoms with van der Waals surface area (Å²) < 4.78 is 5.11. The van der Waals surface area contributed by atoms with Gasteiger partial charge in [-0.3, -0.25) is 14.4 Å². The van der Waals surface area contributed by atoms with Crippen LogP contribution in [0.25, 0.3) is 0 Å². The van der Waals surface area contributed by atoms with Crippen LogP contribution in [-0.4, -0.2) is 48.9 Å². The summed E-state index contributed by atoms with van der Waals surface area (Å²) in [7, 11) is 0. The number of morpholine rings is 1. The third kappa shape index (κ3) is 3.12. The Bertz CT molecular complexity index is 538. The third-order valence-electron chi connectivity index (χ3n) is 2.93. The molecule has 1 heterocycles. The van der Waals surface area contributed by atoms with Gasteiger partial charge in [0.25, 0.3) is 5.91 Å². The van der Waals surface area contributed by atoms with Crippen LogP contribution in [0.3, 0.4) is 0 Å². The lowest BCUT2D eigenvalue weighted by Crippen LogP contribution is -2.46. The average Bonchev–Trinajstić information content (AvgIpc) is 2.47. The van der Waals surface area contributed by atoms with Gasteiger partial charge in [-0.15, -0.1) is 0 Å². The molecule has 7 nitrogen and oxygen atoms in total. The second-order valence-corrected chi connectivity index (χ2v) is 4.27. The van der Waals surface area contributed by atoms with Crippen LogP contribution in [-0.2, 0) is 14.3 Å². The molecule has 20 heavy (non-hydrogen) atoms. The molecule has 1 aromatic rings. The molecule has 3 amide bonds. The lowest BCUT2D eigenvalue weighted by molar-refractivity contribution is -0.145. The van der Waals surface area contributed by atoms with Gasteiger partial charge in [0.1, 0.15) is 0 Å². The Kier molecular flexibility index (Phi) is 4.31. The largest absolute Gasteiger partial charge is 0.378 e. The Morgan fingerprint density at radius 2 is 1.80 bits per heavy atom. The minimum atomic E-state index is -0.791. The molecule has 1 aliphatic heterocycles. The van der Waals surface area contributed by atoms with Gasteiger partial charge in [0.05, 0.1) is 24.5 Å². The van der Waals surface area contributed by atoms with Gasteiger partial charge in [0.2, 0.25) is 0 Å². The van der Waals surface area contributed by atoms with Crippen molar-refractivity contribution in [3.63, 3.8) is 0 Å². The summed E-state index contributed by atoms with van der Waals surface area (Å²) in [5.41, 5.74) is 5.60. The highest BCUT2D eigenvalue weighted by atomic mass is 16.5. The predicted octanol–water partition coefficient (Wildman–Crippen LogP) is -0.417. The van der Waals surface area contributed by atoms with Gasteiger partial charge in [-0.2, -0.15) is 0 Å². The molecule has 0 spiro atoms. The van der Waals surface area contributed by atoms with Crippen molar-refractivity contribution >= 4 is 23.4 Å². The molecule has 2 rings (SSSR count). The Morgan fingerprint density at radius 1 is 1.15 bits per heavy atom. The summed E-state index contributed by atoms with van der Waals surface area (Å²) in [5, 5.41) is 2.42. The first-order valence-corrected chi connectivity index (χ1v) is 6.16. The van der Waals surface area contributed by atoms with Crippen molar-refractivity contribution in [2.45, 2.75) is 0 Å². The zero-order chi connectivity index (χ0) is 14.5. The molecule has 3 N–H and O–H groups in total. The van der Waals surface area contributed by atoms with Crippen LogP contribution in [0.2, 0.25) is 0 Å². The van der Waals surface area contributed by atoms with E-state index >= 15 is 0 Å². The number of nitrogens with one attached hydrogen (secondary N) is 1. The molecular formula is C13H15N3O4. The summed E-state index contributed by atoms with van der Waals surface area (Å²) in [4.78, 5) is 36.5. The molecule has 0 aromatic heterocycles. The fourth-order valence-electron chi connectivity index (χ4n) is 1.89. The highest BCUT2D eigenvalue weighted by molar-refractivity contribution is 6.39. The SMILES string of the molecule is NC(=O)c1ccccc1NC(=O)C(=O)N1CCOCC1. The molecule has 0 saturated carbocycles. The number of hydrogen-bond acceptors (Lipinski definition) is 4. The second-order valence-electron chi connectivity index (χ2n) is 4.27. The maximum absolute atomic E-state index is 11.9. The van der Waals surface area contributed by atoms with Crippen molar-refractivity contribution in [1.29, 1.82) is 0 Å². The molecule has 1 aliphatic rings. The molecule has 7 heteroatoms. The van der Waals surface area contributed by atoms with Gasteiger partial charge >= 0.3 is 11.8 Å². The van der Waals surface area contributed by atoms with Gasteiger partial charge in [-0.05, 0) is 12.1 Å². The minimum absolute atomic E-state index is 0.163. The molecule has 0 unspecified atom stereocenters. The summed E-state index contributed by atoms with van der Waals surface area (Å²) in [5.74, 6) is -2.10. The van der Waals surface area contributed by atoms with E-state index in [-0.39, 0.29) is 11.3 Å². The number of primary amides is 1. The number of nitrogens with two attached hydrogens (primary N) is 1. The number of carbonyl (C=O) groups is 3. The monoisotopic (exact) mass is 277 g/mol. The van der Waals surface area contributed by atoms with E-state index in [9.17, 15) is 14.4 Å². The molecular weight excluding hydrogens is 262 g/mol. The fourth-order valence-corrected chi connectivity index (χ4v) is 1.89. The van der Waals surface area contributed by atoms with E-state index in [0.29, 0.717) is 26.3 Å². The number of ether oxygens (including phenoxy) is 1. The zero-order valence-electron chi connectivity index (χ0n) is 10.8. The number of anilines is 1. The zero-order valence-corrected chi connectivity index (χ0v) is 10.8. The maximum Gasteiger partial charge on any atom is 0.313 e. The Balaban J connectivity index is 2.07. The Morgan fingerprint density at radius 3 is 2.45 bits per heavy atom. The quantitative estimate of drug-likeness (QED) is 0.717. The standard InChI is InChI=1S/C13H15N3O4/c14-11(17)9-3-1-2-4-10(9)15-12(18)13(19)16-5-7-20-8-6-16/h1-4H,5-8H2,(H2,14,17)(H,15,18). The molecule has 1 aromatic carbocycles. The van der Waals surface area contributed by atoms with Gasteiger partial charge in [0.15, 0.2) is 0 Å². The average molecular weight is 277 g/mol. The third-order valence-corrected chi connectivity index (χ3v) is 2.93. The van der Waals surface area contributed by atoms with Crippen LogP contribution in [0.4, 0.5) is 5.69 Å². The highest BCUT2D eigenvalue weighted by Crippen LogP contribution is 2.14. The fraction of sp³-hybridized carbons (Fsp3) is 0.308. The van der Waals surface area contributed by atoms with E-state index in [2.05, 4.69) is 5.32 Å². The molecule has 0 aliphatic carbocycles. The van der Waals surface area contributed by atoms with Crippen LogP contribution < -0.4 is 11.1 Å². The van der Waals surface area contributed by atoms with E-state index in [1.165, 1.54) is 17.0 Å². The van der Waals surface area contributed by atoms with Gasteiger partial charge in [-0.1, -0.05) is 12.1 Å². The summed E-state index contributed by atoms with van der Waals surface area (Å²) in [6, 6.07) is 6.27. The second kappa shape index (κ2) is 6.16. The van der Waals surface area contributed by atoms with Crippen LogP contribution in [0, 0.1) is 0 Å². The topological polar surface area (TPSA) is 102 Å². The number of amides is 3. The number of hydrogen-bond donors (Lipinski definition) is 2. The van der Waals surface area contributed by atoms with Crippen LogP contribution in [0.5, 0.6) is 0 Å². The lowest BCUT2D eigenvalue weighted by atomic mass is 10.1. The molecule has 1 saturated heterocycles. The number of benzene rings is 1. The predicted molar refractivity (Wildman–Crippen MR) is 71.0 cm³/mol. The molecule has 0 bridgehead atoms. The highest BCUT2D eigenvalue weighted by Gasteiger charge is 2.24. The summed E-state index contributed by atoms with van der Waals surface area (Å²) in [6.45, 7) is 1.58. The van der Waals surface area contributed by atoms with E-state index < -0.39 is 17.7 Å². The number of rotatable bonds is 2. The van der Waals surface area contributed by atoms with Crippen molar-refractivity contribution in [2.24, 2.45) is 5.73 Å². The molecule has 106 valence electrons. The lowest BCUT2D eigenvalue weighted by Gasteiger charge is -2.26. The maximum atomic E-state index is 11.9. The van der Waals surface area contributed by atoms with Crippen molar-refractivity contribution in [3.8, 4) is 0 Å². The first-order chi connectivity index (χ1) is 9.59. The number of para-hydroxylation sites is 1. The van der Waals surface area contributed by atoms with Crippen LogP contribution in [0.15, 0.2) is 24.3 Å². The Hall–Kier alpha value is -2.41. The van der Waals surface area contributed by atoms with Crippen molar-refractivity contribution in [2.75, 3.05) is 31.6 Å². The van der Waals surface area contributed by atoms with Gasteiger partial charge < -0.3 is 20.7 Å². The van der Waals surface area contributed by atoms with Crippen molar-refractivity contribution in [1.82, 2.24) is 4.90 Å². The van der Waals surface area contributed by atoms with E-state index in [1.54, 1.807) is 12.1 Å². The molecule has 0 atom stereocenters. The van der Waals surface area contributed by atoms with Crippen molar-refractivity contribution in [3.05, 3.63) is 29.8 Å². The van der Waals surface area contributed by atoms with Gasteiger partial charge in [-0.25, -0.2) is 0 Å². The van der Waals surface area contributed by atoms with E-state index in [4.69, 9.17) is 10.5 Å². The normalized spacial score (nSPS) is 14.7.